The second-order valence-electron chi connectivity index (χ2n) is 6.94. The molecule has 11 heteroatoms. The molecule has 0 radical (unpaired) electrons. The van der Waals surface area contributed by atoms with Gasteiger partial charge in [0.05, 0.1) is 22.4 Å². The lowest BCUT2D eigenvalue weighted by molar-refractivity contribution is -0.137. The number of benzene rings is 3. The zero-order valence-electron chi connectivity index (χ0n) is 17.9. The van der Waals surface area contributed by atoms with Crippen LogP contribution in [0.5, 0.6) is 0 Å². The van der Waals surface area contributed by atoms with Crippen LogP contribution in [0.3, 0.4) is 0 Å². The molecule has 3 aromatic rings. The molecule has 0 saturated heterocycles. The molecule has 178 valence electrons. The molecule has 0 saturated carbocycles. The molecule has 0 atom stereocenters. The summed E-state index contributed by atoms with van der Waals surface area (Å²) in [5.41, 5.74) is 1.59. The van der Waals surface area contributed by atoms with Gasteiger partial charge in [0.25, 0.3) is 15.9 Å². The van der Waals surface area contributed by atoms with Gasteiger partial charge in [-0.1, -0.05) is 36.4 Å². The normalized spacial score (nSPS) is 12.0. The van der Waals surface area contributed by atoms with Crippen LogP contribution in [-0.2, 0) is 21.0 Å². The average Bonchev–Trinajstić information content (AvgIpc) is 2.83. The number of sulfonamides is 1. The van der Waals surface area contributed by atoms with Crippen molar-refractivity contribution < 1.29 is 26.4 Å². The quantitative estimate of drug-likeness (QED) is 0.271. The maximum atomic E-state index is 13.2. The minimum atomic E-state index is -4.68. The average molecular weight is 508 g/mol. The van der Waals surface area contributed by atoms with Gasteiger partial charge in [-0.05, 0) is 54.3 Å². The van der Waals surface area contributed by atoms with Crippen LogP contribution >= 0.6 is 11.8 Å². The Labute approximate surface area is 199 Å². The molecule has 0 aliphatic rings. The lowest BCUT2D eigenvalue weighted by Gasteiger charge is -2.24. The van der Waals surface area contributed by atoms with Crippen molar-refractivity contribution >= 4 is 39.6 Å². The van der Waals surface area contributed by atoms with Crippen LogP contribution in [0.1, 0.15) is 11.1 Å². The van der Waals surface area contributed by atoms with E-state index in [0.717, 1.165) is 17.0 Å². The van der Waals surface area contributed by atoms with Gasteiger partial charge in [0.1, 0.15) is 6.54 Å². The fraction of sp³-hybridized carbons (Fsp3) is 0.130. The number of halogens is 3. The Balaban J connectivity index is 1.87. The van der Waals surface area contributed by atoms with Crippen molar-refractivity contribution in [2.24, 2.45) is 5.10 Å². The lowest BCUT2D eigenvalue weighted by atomic mass is 10.2. The first-order valence-electron chi connectivity index (χ1n) is 9.82. The summed E-state index contributed by atoms with van der Waals surface area (Å²) in [6.45, 7) is -0.776. The molecule has 0 heterocycles. The number of hydrogen-bond donors (Lipinski definition) is 1. The van der Waals surface area contributed by atoms with Crippen LogP contribution in [-0.4, -0.2) is 33.3 Å². The first-order chi connectivity index (χ1) is 16.1. The van der Waals surface area contributed by atoms with E-state index in [2.05, 4.69) is 10.5 Å². The number of amides is 1. The number of alkyl halides is 3. The molecule has 1 amide bonds. The van der Waals surface area contributed by atoms with E-state index in [0.29, 0.717) is 15.9 Å². The van der Waals surface area contributed by atoms with Crippen LogP contribution in [0, 0.1) is 0 Å². The number of thioether (sulfide) groups is 1. The highest BCUT2D eigenvalue weighted by molar-refractivity contribution is 7.98. The molecule has 0 aliphatic carbocycles. The lowest BCUT2D eigenvalue weighted by Crippen LogP contribution is -2.39. The molecule has 34 heavy (non-hydrogen) atoms. The maximum absolute atomic E-state index is 13.2. The van der Waals surface area contributed by atoms with Crippen molar-refractivity contribution in [2.75, 3.05) is 17.1 Å². The summed E-state index contributed by atoms with van der Waals surface area (Å²) < 4.78 is 66.7. The Morgan fingerprint density at radius 2 is 1.71 bits per heavy atom. The van der Waals surface area contributed by atoms with Gasteiger partial charge in [-0.25, -0.2) is 13.8 Å². The van der Waals surface area contributed by atoms with Crippen LogP contribution in [0.4, 0.5) is 18.9 Å². The topological polar surface area (TPSA) is 78.8 Å². The number of nitrogens with zero attached hydrogens (tertiary/aromatic N) is 2. The first kappa shape index (κ1) is 25.3. The van der Waals surface area contributed by atoms with Gasteiger partial charge in [-0.15, -0.1) is 11.8 Å². The van der Waals surface area contributed by atoms with E-state index in [1.165, 1.54) is 36.5 Å². The predicted molar refractivity (Wildman–Crippen MR) is 126 cm³/mol. The Morgan fingerprint density at radius 3 is 2.32 bits per heavy atom. The van der Waals surface area contributed by atoms with Gasteiger partial charge >= 0.3 is 6.18 Å². The summed E-state index contributed by atoms with van der Waals surface area (Å²) in [4.78, 5) is 13.4. The second-order valence-corrected chi connectivity index (χ2v) is 9.68. The van der Waals surface area contributed by atoms with Crippen LogP contribution in [0.15, 0.2) is 93.8 Å². The standard InChI is InChI=1S/C23H20F3N3O3S2/c1-33-20-12-10-17(11-13-20)15-27-28-22(30)16-29(34(31,32)21-8-3-2-4-9-21)19-7-5-6-18(14-19)23(24,25)26/h2-15H,16H2,1H3,(H,28,30)/b27-15-. The summed E-state index contributed by atoms with van der Waals surface area (Å²) in [7, 11) is -4.35. The van der Waals surface area contributed by atoms with Gasteiger partial charge in [-0.3, -0.25) is 9.10 Å². The highest BCUT2D eigenvalue weighted by Gasteiger charge is 2.33. The number of anilines is 1. The molecular weight excluding hydrogens is 487 g/mol. The third-order valence-electron chi connectivity index (χ3n) is 4.60. The Bertz CT molecular complexity index is 1260. The molecule has 1 N–H and O–H groups in total. The molecule has 0 aromatic heterocycles. The molecule has 3 aromatic carbocycles. The molecule has 0 unspecified atom stereocenters. The number of nitrogens with one attached hydrogen (secondary N) is 1. The van der Waals surface area contributed by atoms with E-state index in [1.807, 2.05) is 18.4 Å². The molecule has 3 rings (SSSR count). The Morgan fingerprint density at radius 1 is 1.03 bits per heavy atom. The fourth-order valence-corrected chi connectivity index (χ4v) is 4.75. The third kappa shape index (κ3) is 6.39. The van der Waals surface area contributed by atoms with E-state index in [9.17, 15) is 26.4 Å². The van der Waals surface area contributed by atoms with E-state index < -0.39 is 34.2 Å². The summed E-state index contributed by atoms with van der Waals surface area (Å²) in [6.07, 6.45) is -1.37. The van der Waals surface area contributed by atoms with Crippen molar-refractivity contribution in [3.63, 3.8) is 0 Å². The van der Waals surface area contributed by atoms with Crippen LogP contribution < -0.4 is 9.73 Å². The fourth-order valence-electron chi connectivity index (χ4n) is 2.91. The Hall–Kier alpha value is -3.31. The minimum Gasteiger partial charge on any atom is -0.271 e. The summed E-state index contributed by atoms with van der Waals surface area (Å²) in [5, 5.41) is 3.82. The van der Waals surface area contributed by atoms with Crippen molar-refractivity contribution in [3.05, 3.63) is 90.0 Å². The largest absolute Gasteiger partial charge is 0.416 e. The third-order valence-corrected chi connectivity index (χ3v) is 7.13. The van der Waals surface area contributed by atoms with Crippen LogP contribution in [0.25, 0.3) is 0 Å². The molecule has 0 aliphatic heterocycles. The highest BCUT2D eigenvalue weighted by Crippen LogP contribution is 2.33. The second kappa shape index (κ2) is 10.7. The van der Waals surface area contributed by atoms with E-state index in [-0.39, 0.29) is 10.6 Å². The number of hydrazone groups is 1. The number of carbonyl (C=O) groups excluding carboxylic acids is 1. The zero-order chi connectivity index (χ0) is 24.8. The van der Waals surface area contributed by atoms with Crippen molar-refractivity contribution in [1.29, 1.82) is 0 Å². The summed E-state index contributed by atoms with van der Waals surface area (Å²) in [6, 6.07) is 18.2. The summed E-state index contributed by atoms with van der Waals surface area (Å²) in [5.74, 6) is -0.825. The van der Waals surface area contributed by atoms with Crippen molar-refractivity contribution in [2.45, 2.75) is 16.0 Å². The molecule has 0 bridgehead atoms. The molecular formula is C23H20F3N3O3S2. The van der Waals surface area contributed by atoms with Crippen molar-refractivity contribution in [3.8, 4) is 0 Å². The van der Waals surface area contributed by atoms with Crippen molar-refractivity contribution in [1.82, 2.24) is 5.43 Å². The van der Waals surface area contributed by atoms with Gasteiger partial charge in [0, 0.05) is 4.90 Å². The van der Waals surface area contributed by atoms with E-state index in [1.54, 1.807) is 30.0 Å². The smallest absolute Gasteiger partial charge is 0.271 e. The Kier molecular flexibility index (Phi) is 8.00. The molecule has 0 fully saturated rings. The number of rotatable bonds is 8. The van der Waals surface area contributed by atoms with E-state index >= 15 is 0 Å². The monoisotopic (exact) mass is 507 g/mol. The van der Waals surface area contributed by atoms with Gasteiger partial charge in [0.15, 0.2) is 0 Å². The zero-order valence-corrected chi connectivity index (χ0v) is 19.5. The molecule has 6 nitrogen and oxygen atoms in total. The SMILES string of the molecule is CSc1ccc(/C=N\NC(=O)CN(c2cccc(C(F)(F)F)c2)S(=O)(=O)c2ccccc2)cc1. The summed E-state index contributed by atoms with van der Waals surface area (Å²) >= 11 is 1.57. The van der Waals surface area contributed by atoms with Gasteiger partial charge in [0.2, 0.25) is 0 Å². The highest BCUT2D eigenvalue weighted by atomic mass is 32.2. The maximum Gasteiger partial charge on any atom is 0.416 e. The predicted octanol–water partition coefficient (Wildman–Crippen LogP) is 4.77. The van der Waals surface area contributed by atoms with Gasteiger partial charge in [-0.2, -0.15) is 18.3 Å². The number of hydrogen-bond acceptors (Lipinski definition) is 5. The first-order valence-corrected chi connectivity index (χ1v) is 12.5. The molecule has 0 spiro atoms. The number of carbonyl (C=O) groups is 1. The van der Waals surface area contributed by atoms with Gasteiger partial charge < -0.3 is 0 Å². The minimum absolute atomic E-state index is 0.169. The van der Waals surface area contributed by atoms with E-state index in [4.69, 9.17) is 0 Å². The van der Waals surface area contributed by atoms with Crippen LogP contribution in [0.2, 0.25) is 0 Å².